The van der Waals surface area contributed by atoms with Crippen LogP contribution in [-0.2, 0) is 20.7 Å². The van der Waals surface area contributed by atoms with Crippen molar-refractivity contribution in [2.24, 2.45) is 0 Å². The maximum Gasteiger partial charge on any atom is 0.310 e. The Morgan fingerprint density at radius 3 is 2.62 bits per heavy atom. The summed E-state index contributed by atoms with van der Waals surface area (Å²) in [6.45, 7) is 2.16. The molecule has 0 fully saturated rings. The summed E-state index contributed by atoms with van der Waals surface area (Å²) in [4.78, 5) is 21.2. The number of carbonyl (C=O) groups excluding carboxylic acids is 2. The molecule has 0 heterocycles. The van der Waals surface area contributed by atoms with Crippen molar-refractivity contribution >= 4 is 12.3 Å². The van der Waals surface area contributed by atoms with Crippen molar-refractivity contribution in [3.63, 3.8) is 0 Å². The van der Waals surface area contributed by atoms with Gasteiger partial charge in [-0.2, -0.15) is 0 Å². The Hall–Kier alpha value is -2.08. The van der Waals surface area contributed by atoms with E-state index in [9.17, 15) is 9.59 Å². The van der Waals surface area contributed by atoms with Crippen LogP contribution in [0.4, 0.5) is 0 Å². The van der Waals surface area contributed by atoms with Crippen LogP contribution in [0.1, 0.15) is 18.1 Å². The van der Waals surface area contributed by atoms with Crippen LogP contribution < -0.4 is 0 Å². The number of aldehydes is 1. The maximum atomic E-state index is 11.2. The van der Waals surface area contributed by atoms with E-state index in [4.69, 9.17) is 4.74 Å². The third-order valence-electron chi connectivity index (χ3n) is 1.88. The van der Waals surface area contributed by atoms with E-state index < -0.39 is 0 Å². The minimum Gasteiger partial charge on any atom is -0.466 e. The van der Waals surface area contributed by atoms with Gasteiger partial charge in [-0.25, -0.2) is 0 Å². The van der Waals surface area contributed by atoms with Crippen molar-refractivity contribution in [1.29, 1.82) is 0 Å². The summed E-state index contributed by atoms with van der Waals surface area (Å²) in [5.74, 6) is 4.75. The molecule has 0 amide bonds. The summed E-state index contributed by atoms with van der Waals surface area (Å²) in [5.41, 5.74) is 1.62. The molecular formula is C13H12O3. The van der Waals surface area contributed by atoms with Crippen molar-refractivity contribution in [3.05, 3.63) is 35.4 Å². The number of ether oxygens (including phenoxy) is 1. The van der Waals surface area contributed by atoms with E-state index in [1.54, 1.807) is 31.2 Å². The van der Waals surface area contributed by atoms with Crippen molar-refractivity contribution in [2.45, 2.75) is 13.3 Å². The van der Waals surface area contributed by atoms with E-state index in [0.717, 1.165) is 11.1 Å². The lowest BCUT2D eigenvalue weighted by atomic mass is 10.1. The van der Waals surface area contributed by atoms with Crippen LogP contribution in [0.15, 0.2) is 24.3 Å². The van der Waals surface area contributed by atoms with Gasteiger partial charge in [-0.3, -0.25) is 9.59 Å². The Balaban J connectivity index is 2.64. The molecule has 0 bridgehead atoms. The van der Waals surface area contributed by atoms with Gasteiger partial charge in [-0.1, -0.05) is 18.1 Å². The molecule has 0 aromatic heterocycles. The monoisotopic (exact) mass is 216 g/mol. The van der Waals surface area contributed by atoms with Crippen LogP contribution >= 0.6 is 0 Å². The molecule has 0 unspecified atom stereocenters. The molecule has 3 heteroatoms. The fourth-order valence-electron chi connectivity index (χ4n) is 1.20. The largest absolute Gasteiger partial charge is 0.466 e. The van der Waals surface area contributed by atoms with Crippen molar-refractivity contribution in [3.8, 4) is 11.8 Å². The molecule has 1 aromatic rings. The first kappa shape index (κ1) is 12.0. The molecule has 82 valence electrons. The molecule has 0 saturated carbocycles. The van der Waals surface area contributed by atoms with Crippen LogP contribution in [0.3, 0.4) is 0 Å². The Morgan fingerprint density at radius 1 is 1.38 bits per heavy atom. The Kier molecular flexibility index (Phi) is 4.81. The van der Waals surface area contributed by atoms with Crippen LogP contribution in [0.2, 0.25) is 0 Å². The molecule has 0 N–H and O–H groups in total. The molecule has 1 aromatic carbocycles. The van der Waals surface area contributed by atoms with E-state index in [2.05, 4.69) is 11.8 Å². The predicted molar refractivity (Wildman–Crippen MR) is 59.7 cm³/mol. The maximum absolute atomic E-state index is 11.2. The second kappa shape index (κ2) is 6.41. The summed E-state index contributed by atoms with van der Waals surface area (Å²) in [6, 6.07) is 7.13. The summed E-state index contributed by atoms with van der Waals surface area (Å²) in [6.07, 6.45) is 0.807. The molecule has 0 saturated heterocycles. The SMILES string of the molecule is CCOC(=O)Cc1ccc(C#CC=O)cc1. The minimum atomic E-state index is -0.241. The van der Waals surface area contributed by atoms with Gasteiger partial charge in [0.05, 0.1) is 13.0 Å². The van der Waals surface area contributed by atoms with Gasteiger partial charge in [0.1, 0.15) is 0 Å². The molecule has 0 aliphatic carbocycles. The Bertz CT molecular complexity index is 421. The smallest absolute Gasteiger partial charge is 0.310 e. The number of hydrogen-bond acceptors (Lipinski definition) is 3. The lowest BCUT2D eigenvalue weighted by molar-refractivity contribution is -0.142. The molecule has 0 spiro atoms. The first-order valence-corrected chi connectivity index (χ1v) is 4.96. The first-order chi connectivity index (χ1) is 7.76. The van der Waals surface area contributed by atoms with Gasteiger partial charge in [0.15, 0.2) is 6.29 Å². The molecule has 0 aliphatic heterocycles. The molecule has 0 aliphatic rings. The third kappa shape index (κ3) is 3.97. The summed E-state index contributed by atoms with van der Waals surface area (Å²) < 4.78 is 4.83. The number of hydrogen-bond donors (Lipinski definition) is 0. The Morgan fingerprint density at radius 2 is 2.06 bits per heavy atom. The first-order valence-electron chi connectivity index (χ1n) is 4.96. The third-order valence-corrected chi connectivity index (χ3v) is 1.88. The van der Waals surface area contributed by atoms with Gasteiger partial charge in [0.25, 0.3) is 0 Å². The fourth-order valence-corrected chi connectivity index (χ4v) is 1.20. The highest BCUT2D eigenvalue weighted by atomic mass is 16.5. The lowest BCUT2D eigenvalue weighted by Crippen LogP contribution is -2.07. The fraction of sp³-hybridized carbons (Fsp3) is 0.231. The van der Waals surface area contributed by atoms with Crippen molar-refractivity contribution in [2.75, 3.05) is 6.61 Å². The van der Waals surface area contributed by atoms with Crippen LogP contribution in [0.25, 0.3) is 0 Å². The number of rotatable bonds is 3. The van der Waals surface area contributed by atoms with Gasteiger partial charge < -0.3 is 4.74 Å². The van der Waals surface area contributed by atoms with Gasteiger partial charge in [0, 0.05) is 5.56 Å². The normalized spacial score (nSPS) is 8.81. The molecule has 0 atom stereocenters. The van der Waals surface area contributed by atoms with E-state index in [1.165, 1.54) is 0 Å². The second-order valence-electron chi connectivity index (χ2n) is 3.07. The highest BCUT2D eigenvalue weighted by Gasteiger charge is 2.02. The average molecular weight is 216 g/mol. The number of benzene rings is 1. The Labute approximate surface area is 94.4 Å². The lowest BCUT2D eigenvalue weighted by Gasteiger charge is -2.01. The quantitative estimate of drug-likeness (QED) is 0.435. The zero-order chi connectivity index (χ0) is 11.8. The van der Waals surface area contributed by atoms with Gasteiger partial charge in [-0.05, 0) is 30.5 Å². The highest BCUT2D eigenvalue weighted by Crippen LogP contribution is 2.04. The van der Waals surface area contributed by atoms with Gasteiger partial charge in [0.2, 0.25) is 0 Å². The summed E-state index contributed by atoms with van der Waals surface area (Å²) >= 11 is 0. The van der Waals surface area contributed by atoms with Crippen LogP contribution in [0.5, 0.6) is 0 Å². The van der Waals surface area contributed by atoms with Crippen LogP contribution in [0, 0.1) is 11.8 Å². The average Bonchev–Trinajstić information content (AvgIpc) is 2.28. The van der Waals surface area contributed by atoms with Crippen LogP contribution in [-0.4, -0.2) is 18.9 Å². The van der Waals surface area contributed by atoms with E-state index in [0.29, 0.717) is 12.9 Å². The van der Waals surface area contributed by atoms with E-state index >= 15 is 0 Å². The number of esters is 1. The predicted octanol–water partition coefficient (Wildman–Crippen LogP) is 1.34. The topological polar surface area (TPSA) is 43.4 Å². The standard InChI is InChI=1S/C13H12O3/c1-2-16-13(15)10-12-7-5-11(6-8-12)4-3-9-14/h5-9H,2,10H2,1H3. The number of carbonyl (C=O) groups is 2. The van der Waals surface area contributed by atoms with E-state index in [1.807, 2.05) is 0 Å². The van der Waals surface area contributed by atoms with Gasteiger partial charge >= 0.3 is 5.97 Å². The summed E-state index contributed by atoms with van der Waals surface area (Å²) in [7, 11) is 0. The zero-order valence-corrected chi connectivity index (χ0v) is 9.03. The second-order valence-corrected chi connectivity index (χ2v) is 3.07. The summed E-state index contributed by atoms with van der Waals surface area (Å²) in [5, 5.41) is 0. The highest BCUT2D eigenvalue weighted by molar-refractivity contribution is 5.74. The van der Waals surface area contributed by atoms with Crippen molar-refractivity contribution < 1.29 is 14.3 Å². The molecule has 0 radical (unpaired) electrons. The molecule has 3 nitrogen and oxygen atoms in total. The molecule has 16 heavy (non-hydrogen) atoms. The van der Waals surface area contributed by atoms with Gasteiger partial charge in [-0.15, -0.1) is 0 Å². The van der Waals surface area contributed by atoms with Crippen molar-refractivity contribution in [1.82, 2.24) is 0 Å². The minimum absolute atomic E-state index is 0.241. The van der Waals surface area contributed by atoms with E-state index in [-0.39, 0.29) is 12.4 Å². The zero-order valence-electron chi connectivity index (χ0n) is 9.03. The molecular weight excluding hydrogens is 204 g/mol. The molecule has 1 rings (SSSR count).